The Hall–Kier alpha value is -3.09. The van der Waals surface area contributed by atoms with Gasteiger partial charge in [-0.2, -0.15) is 0 Å². The van der Waals surface area contributed by atoms with Crippen LogP contribution in [0.5, 0.6) is 11.5 Å². The number of aromatic nitrogens is 3. The van der Waals surface area contributed by atoms with Crippen molar-refractivity contribution in [3.05, 3.63) is 42.2 Å². The van der Waals surface area contributed by atoms with Gasteiger partial charge >= 0.3 is 0 Å². The van der Waals surface area contributed by atoms with Crippen molar-refractivity contribution in [1.82, 2.24) is 19.9 Å². The lowest BCUT2D eigenvalue weighted by molar-refractivity contribution is 0.0958. The Morgan fingerprint density at radius 2 is 1.86 bits per heavy atom. The van der Waals surface area contributed by atoms with E-state index in [1.165, 1.54) is 38.5 Å². The molecular weight excluding hydrogens is 366 g/mol. The van der Waals surface area contributed by atoms with Crippen LogP contribution in [-0.4, -0.2) is 33.5 Å². The van der Waals surface area contributed by atoms with Gasteiger partial charge in [-0.25, -0.2) is 4.98 Å². The zero-order valence-corrected chi connectivity index (χ0v) is 16.9. The van der Waals surface area contributed by atoms with Gasteiger partial charge in [0.2, 0.25) is 5.95 Å². The standard InChI is InChI=1S/C22H27N5O2/c1-23-21(28)19-14-17(11-12-24-19)29-16-9-10-20-18(13-16)26-22(27(20)2)25-15-7-5-3-4-6-8-15/h9-15H,3-8H2,1-2H3,(H,23,28)(H,25,26). The van der Waals surface area contributed by atoms with Gasteiger partial charge in [0.25, 0.3) is 5.91 Å². The van der Waals surface area contributed by atoms with Crippen LogP contribution in [0.4, 0.5) is 5.95 Å². The maximum absolute atomic E-state index is 11.8. The third kappa shape index (κ3) is 4.34. The monoisotopic (exact) mass is 393 g/mol. The fraction of sp³-hybridized carbons (Fsp3) is 0.409. The molecule has 29 heavy (non-hydrogen) atoms. The Kier molecular flexibility index (Phi) is 5.64. The number of nitrogens with zero attached hydrogens (tertiary/aromatic N) is 3. The maximum Gasteiger partial charge on any atom is 0.269 e. The molecule has 2 heterocycles. The highest BCUT2D eigenvalue weighted by molar-refractivity contribution is 5.92. The van der Waals surface area contributed by atoms with E-state index in [0.717, 1.165) is 17.0 Å². The molecule has 0 atom stereocenters. The summed E-state index contributed by atoms with van der Waals surface area (Å²) in [6.07, 6.45) is 9.19. The average molecular weight is 393 g/mol. The fourth-order valence-electron chi connectivity index (χ4n) is 3.84. The minimum Gasteiger partial charge on any atom is -0.457 e. The summed E-state index contributed by atoms with van der Waals surface area (Å²) in [6.45, 7) is 0. The van der Waals surface area contributed by atoms with Crippen molar-refractivity contribution in [2.24, 2.45) is 7.05 Å². The van der Waals surface area contributed by atoms with Gasteiger partial charge in [-0.05, 0) is 31.0 Å². The van der Waals surface area contributed by atoms with E-state index in [4.69, 9.17) is 9.72 Å². The number of hydrogen-bond acceptors (Lipinski definition) is 5. The zero-order valence-electron chi connectivity index (χ0n) is 16.9. The number of pyridine rings is 1. The predicted octanol–water partition coefficient (Wildman–Crippen LogP) is 4.25. The first-order chi connectivity index (χ1) is 14.1. The zero-order chi connectivity index (χ0) is 20.2. The quantitative estimate of drug-likeness (QED) is 0.633. The van der Waals surface area contributed by atoms with Crippen LogP contribution in [0.2, 0.25) is 0 Å². The van der Waals surface area contributed by atoms with Crippen LogP contribution < -0.4 is 15.4 Å². The summed E-state index contributed by atoms with van der Waals surface area (Å²) in [5.74, 6) is 1.89. The molecule has 0 aliphatic heterocycles. The molecule has 7 heteroatoms. The third-order valence-electron chi connectivity index (χ3n) is 5.47. The molecule has 3 aromatic rings. The van der Waals surface area contributed by atoms with Gasteiger partial charge in [0.1, 0.15) is 17.2 Å². The number of ether oxygens (including phenoxy) is 1. The Bertz CT molecular complexity index is 1010. The van der Waals surface area contributed by atoms with E-state index >= 15 is 0 Å². The van der Waals surface area contributed by atoms with E-state index in [1.54, 1.807) is 25.4 Å². The van der Waals surface area contributed by atoms with E-state index < -0.39 is 0 Å². The summed E-state index contributed by atoms with van der Waals surface area (Å²) in [6, 6.07) is 9.70. The van der Waals surface area contributed by atoms with Gasteiger partial charge in [0, 0.05) is 38.5 Å². The van der Waals surface area contributed by atoms with Gasteiger partial charge in [-0.1, -0.05) is 25.7 Å². The van der Waals surface area contributed by atoms with Crippen LogP contribution in [0.15, 0.2) is 36.5 Å². The highest BCUT2D eigenvalue weighted by Gasteiger charge is 2.16. The first kappa shape index (κ1) is 19.2. The second kappa shape index (κ2) is 8.51. The summed E-state index contributed by atoms with van der Waals surface area (Å²) in [5, 5.41) is 6.20. The second-order valence-electron chi connectivity index (χ2n) is 7.54. The number of carbonyl (C=O) groups excluding carboxylic acids is 1. The number of benzene rings is 1. The molecule has 1 aromatic carbocycles. The summed E-state index contributed by atoms with van der Waals surface area (Å²) < 4.78 is 8.05. The number of imidazole rings is 1. The lowest BCUT2D eigenvalue weighted by atomic mass is 10.1. The van der Waals surface area contributed by atoms with Crippen LogP contribution in [0.1, 0.15) is 49.0 Å². The molecule has 0 radical (unpaired) electrons. The van der Waals surface area contributed by atoms with Crippen LogP contribution in [0.25, 0.3) is 11.0 Å². The normalized spacial score (nSPS) is 15.1. The SMILES string of the molecule is CNC(=O)c1cc(Oc2ccc3c(c2)nc(NC2CCCCCC2)n3C)ccn1. The van der Waals surface area contributed by atoms with Gasteiger partial charge in [0.15, 0.2) is 0 Å². The molecule has 1 saturated carbocycles. The number of aryl methyl sites for hydroxylation is 1. The molecule has 152 valence electrons. The first-order valence-corrected chi connectivity index (χ1v) is 10.2. The van der Waals surface area contributed by atoms with Crippen molar-refractivity contribution in [2.45, 2.75) is 44.6 Å². The van der Waals surface area contributed by atoms with Crippen molar-refractivity contribution in [2.75, 3.05) is 12.4 Å². The van der Waals surface area contributed by atoms with Gasteiger partial charge in [0.05, 0.1) is 11.0 Å². The Morgan fingerprint density at radius 1 is 1.10 bits per heavy atom. The molecule has 1 aliphatic rings. The number of anilines is 1. The lowest BCUT2D eigenvalue weighted by Gasteiger charge is -2.16. The average Bonchev–Trinajstić information content (AvgIpc) is 2.89. The molecule has 7 nitrogen and oxygen atoms in total. The van der Waals surface area contributed by atoms with E-state index in [9.17, 15) is 4.79 Å². The molecule has 0 bridgehead atoms. The topological polar surface area (TPSA) is 81.1 Å². The van der Waals surface area contributed by atoms with Crippen molar-refractivity contribution < 1.29 is 9.53 Å². The molecule has 0 unspecified atom stereocenters. The first-order valence-electron chi connectivity index (χ1n) is 10.2. The van der Waals surface area contributed by atoms with Crippen molar-refractivity contribution in [1.29, 1.82) is 0 Å². The van der Waals surface area contributed by atoms with Gasteiger partial charge < -0.3 is 19.9 Å². The van der Waals surface area contributed by atoms with Gasteiger partial charge in [-0.15, -0.1) is 0 Å². The van der Waals surface area contributed by atoms with Gasteiger partial charge in [-0.3, -0.25) is 9.78 Å². The number of amides is 1. The van der Waals surface area contributed by atoms with Crippen molar-refractivity contribution >= 4 is 22.9 Å². The smallest absolute Gasteiger partial charge is 0.269 e. The summed E-state index contributed by atoms with van der Waals surface area (Å²) in [4.78, 5) is 20.6. The lowest BCUT2D eigenvalue weighted by Crippen LogP contribution is -2.20. The number of fused-ring (bicyclic) bond motifs is 1. The minimum atomic E-state index is -0.246. The molecule has 1 aliphatic carbocycles. The van der Waals surface area contributed by atoms with E-state index in [-0.39, 0.29) is 5.91 Å². The Labute approximate surface area is 170 Å². The van der Waals surface area contributed by atoms with Crippen molar-refractivity contribution in [3.63, 3.8) is 0 Å². The highest BCUT2D eigenvalue weighted by atomic mass is 16.5. The summed E-state index contributed by atoms with van der Waals surface area (Å²) in [5.41, 5.74) is 2.25. The van der Waals surface area contributed by atoms with E-state index in [1.807, 2.05) is 25.2 Å². The van der Waals surface area contributed by atoms with Crippen LogP contribution >= 0.6 is 0 Å². The number of hydrogen-bond donors (Lipinski definition) is 2. The maximum atomic E-state index is 11.8. The summed E-state index contributed by atoms with van der Waals surface area (Å²) in [7, 11) is 3.61. The number of rotatable bonds is 5. The third-order valence-corrected chi connectivity index (χ3v) is 5.47. The molecule has 1 fully saturated rings. The molecule has 4 rings (SSSR count). The fourth-order valence-corrected chi connectivity index (χ4v) is 3.84. The Morgan fingerprint density at radius 3 is 2.62 bits per heavy atom. The van der Waals surface area contributed by atoms with Crippen LogP contribution in [0, 0.1) is 0 Å². The molecule has 1 amide bonds. The molecule has 0 saturated heterocycles. The van der Waals surface area contributed by atoms with Crippen LogP contribution in [-0.2, 0) is 7.05 Å². The number of carbonyl (C=O) groups is 1. The van der Waals surface area contributed by atoms with Crippen LogP contribution in [0.3, 0.4) is 0 Å². The Balaban J connectivity index is 1.54. The van der Waals surface area contributed by atoms with E-state index in [0.29, 0.717) is 23.2 Å². The summed E-state index contributed by atoms with van der Waals surface area (Å²) >= 11 is 0. The predicted molar refractivity (Wildman–Crippen MR) is 114 cm³/mol. The molecular formula is C22H27N5O2. The number of nitrogens with one attached hydrogen (secondary N) is 2. The second-order valence-corrected chi connectivity index (χ2v) is 7.54. The molecule has 2 N–H and O–H groups in total. The molecule has 0 spiro atoms. The highest BCUT2D eigenvalue weighted by Crippen LogP contribution is 2.28. The van der Waals surface area contributed by atoms with Crippen molar-refractivity contribution in [3.8, 4) is 11.5 Å². The molecule has 2 aromatic heterocycles. The largest absolute Gasteiger partial charge is 0.457 e. The van der Waals surface area contributed by atoms with E-state index in [2.05, 4.69) is 20.2 Å². The minimum absolute atomic E-state index is 0.246.